The molecule has 1 unspecified atom stereocenters. The summed E-state index contributed by atoms with van der Waals surface area (Å²) in [6.45, 7) is 5.68. The number of nitrogens with one attached hydrogen (secondary N) is 3. The van der Waals surface area contributed by atoms with Crippen LogP contribution in [0.4, 0.5) is 11.4 Å². The fourth-order valence-electron chi connectivity index (χ4n) is 5.86. The number of nitrogens with two attached hydrogens (primary N) is 1. The minimum absolute atomic E-state index is 0.0588. The Morgan fingerprint density at radius 2 is 2.05 bits per heavy atom. The molecule has 0 radical (unpaired) electrons. The Morgan fingerprint density at radius 1 is 1.23 bits per heavy atom. The van der Waals surface area contributed by atoms with Crippen LogP contribution in [0, 0.1) is 5.41 Å². The number of fused-ring (bicyclic) bond motifs is 1. The highest BCUT2D eigenvalue weighted by Gasteiger charge is 2.36. The van der Waals surface area contributed by atoms with Gasteiger partial charge in [-0.3, -0.25) is 15.0 Å². The highest BCUT2D eigenvalue weighted by Crippen LogP contribution is 2.41. The number of rotatable bonds is 13. The average molecular weight is 550 g/mol. The Morgan fingerprint density at radius 3 is 2.80 bits per heavy atom. The van der Waals surface area contributed by atoms with E-state index in [1.54, 1.807) is 18.2 Å². The first-order valence-electron chi connectivity index (χ1n) is 14.4. The Bertz CT molecular complexity index is 1220. The number of amides is 1. The Balaban J connectivity index is 1.47. The quantitative estimate of drug-likeness (QED) is 0.131. The van der Waals surface area contributed by atoms with Crippen molar-refractivity contribution >= 4 is 29.1 Å². The summed E-state index contributed by atoms with van der Waals surface area (Å²) < 4.78 is 6.22. The number of amidine groups is 1. The second-order valence-electron chi connectivity index (χ2n) is 11.4. The van der Waals surface area contributed by atoms with Crippen LogP contribution in [0.2, 0.25) is 0 Å². The molecule has 2 aromatic rings. The molecule has 6 N–H and O–H groups in total. The van der Waals surface area contributed by atoms with E-state index in [0.717, 1.165) is 31.4 Å². The first-order valence-corrected chi connectivity index (χ1v) is 14.4. The molecule has 4 rings (SSSR count). The van der Waals surface area contributed by atoms with Crippen LogP contribution in [0.3, 0.4) is 0 Å². The normalized spacial score (nSPS) is 22.4. The van der Waals surface area contributed by atoms with Crippen molar-refractivity contribution in [2.24, 2.45) is 5.73 Å². The number of piperidine rings is 1. The van der Waals surface area contributed by atoms with Gasteiger partial charge in [0.1, 0.15) is 11.6 Å². The van der Waals surface area contributed by atoms with Crippen LogP contribution < -0.4 is 26.0 Å². The van der Waals surface area contributed by atoms with Gasteiger partial charge in [-0.1, -0.05) is 37.5 Å². The van der Waals surface area contributed by atoms with E-state index in [0.29, 0.717) is 48.1 Å². The summed E-state index contributed by atoms with van der Waals surface area (Å²) in [6, 6.07) is 13.3. The molecule has 2 aromatic carbocycles. The number of carbonyl (C=O) groups excluding carboxylic acids is 1. The molecule has 1 saturated heterocycles. The van der Waals surface area contributed by atoms with Crippen molar-refractivity contribution in [2.75, 3.05) is 23.3 Å². The summed E-state index contributed by atoms with van der Waals surface area (Å²) in [7, 11) is 0. The molecule has 0 spiro atoms. The highest BCUT2D eigenvalue weighted by molar-refractivity contribution is 6.01. The third kappa shape index (κ3) is 7.53. The van der Waals surface area contributed by atoms with Gasteiger partial charge in [0.25, 0.3) is 5.91 Å². The van der Waals surface area contributed by atoms with Crippen LogP contribution in [0.1, 0.15) is 88.9 Å². The minimum Gasteiger partial charge on any atom is -0.481 e. The van der Waals surface area contributed by atoms with Crippen LogP contribution in [0.15, 0.2) is 42.5 Å². The van der Waals surface area contributed by atoms with Crippen molar-refractivity contribution in [2.45, 2.75) is 89.3 Å². The largest absolute Gasteiger partial charge is 0.481 e. The monoisotopic (exact) mass is 549 g/mol. The number of carbonyl (C=O) groups is 2. The first-order chi connectivity index (χ1) is 19.1. The molecular weight excluding hydrogens is 506 g/mol. The van der Waals surface area contributed by atoms with Crippen molar-refractivity contribution in [3.63, 3.8) is 0 Å². The Labute approximate surface area is 237 Å². The predicted molar refractivity (Wildman–Crippen MR) is 158 cm³/mol. The van der Waals surface area contributed by atoms with E-state index in [2.05, 4.69) is 24.5 Å². The lowest BCUT2D eigenvalue weighted by Gasteiger charge is -2.39. The molecule has 0 aromatic heterocycles. The SMILES string of the molecule is C[C@H]1CCC[C@@](C)(CCCCCN2C(=O)C(c3cccc(C(=N)N)c3)Oc3ccc(NCCCC(=O)O)cc32)N1. The summed E-state index contributed by atoms with van der Waals surface area (Å²) >= 11 is 0. The second-order valence-corrected chi connectivity index (χ2v) is 11.4. The van der Waals surface area contributed by atoms with Gasteiger partial charge in [0.2, 0.25) is 6.10 Å². The van der Waals surface area contributed by atoms with Crippen LogP contribution in [-0.2, 0) is 9.59 Å². The molecule has 1 fully saturated rings. The van der Waals surface area contributed by atoms with Crippen LogP contribution in [0.25, 0.3) is 0 Å². The van der Waals surface area contributed by atoms with Gasteiger partial charge in [-0.25, -0.2) is 0 Å². The number of hydrogen-bond donors (Lipinski definition) is 5. The van der Waals surface area contributed by atoms with Crippen molar-refractivity contribution < 1.29 is 19.4 Å². The number of carboxylic acids is 1. The first kappa shape index (κ1) is 29.4. The summed E-state index contributed by atoms with van der Waals surface area (Å²) in [6.07, 6.45) is 7.59. The number of hydrogen-bond acceptors (Lipinski definition) is 6. The lowest BCUT2D eigenvalue weighted by molar-refractivity contribution is -0.137. The van der Waals surface area contributed by atoms with Gasteiger partial charge in [0.05, 0.1) is 5.69 Å². The number of anilines is 2. The fourth-order valence-corrected chi connectivity index (χ4v) is 5.86. The Hall–Kier alpha value is -3.59. The molecule has 0 aliphatic carbocycles. The van der Waals surface area contributed by atoms with Gasteiger partial charge in [0, 0.05) is 47.9 Å². The molecule has 9 nitrogen and oxygen atoms in total. The molecule has 0 bridgehead atoms. The molecule has 2 aliphatic rings. The minimum atomic E-state index is -0.826. The van der Waals surface area contributed by atoms with Crippen molar-refractivity contribution in [3.8, 4) is 5.75 Å². The molecular formula is C31H43N5O4. The smallest absolute Gasteiger partial charge is 0.303 e. The van der Waals surface area contributed by atoms with E-state index in [-0.39, 0.29) is 23.7 Å². The molecule has 2 heterocycles. The van der Waals surface area contributed by atoms with Crippen molar-refractivity contribution in [1.29, 1.82) is 5.41 Å². The van der Waals surface area contributed by atoms with E-state index in [1.807, 2.05) is 29.2 Å². The number of aliphatic carboxylic acids is 1. The predicted octanol–water partition coefficient (Wildman–Crippen LogP) is 5.20. The maximum atomic E-state index is 13.8. The van der Waals surface area contributed by atoms with E-state index in [1.165, 1.54) is 19.3 Å². The van der Waals surface area contributed by atoms with Gasteiger partial charge in [-0.15, -0.1) is 0 Å². The summed E-state index contributed by atoms with van der Waals surface area (Å²) in [5, 5.41) is 23.8. The van der Waals surface area contributed by atoms with Crippen molar-refractivity contribution in [3.05, 3.63) is 53.6 Å². The summed E-state index contributed by atoms with van der Waals surface area (Å²) in [5.41, 5.74) is 8.62. The Kier molecular flexibility index (Phi) is 9.68. The highest BCUT2D eigenvalue weighted by atomic mass is 16.5. The van der Waals surface area contributed by atoms with Crippen LogP contribution in [0.5, 0.6) is 5.75 Å². The van der Waals surface area contributed by atoms with Gasteiger partial charge in [0.15, 0.2) is 0 Å². The molecule has 0 saturated carbocycles. The maximum Gasteiger partial charge on any atom is 0.303 e. The number of ether oxygens (including phenoxy) is 1. The molecule has 9 heteroatoms. The van der Waals surface area contributed by atoms with Gasteiger partial charge >= 0.3 is 5.97 Å². The zero-order valence-corrected chi connectivity index (χ0v) is 23.7. The zero-order chi connectivity index (χ0) is 28.7. The van der Waals surface area contributed by atoms with E-state index in [4.69, 9.17) is 21.0 Å². The van der Waals surface area contributed by atoms with Crippen LogP contribution in [-0.4, -0.2) is 47.5 Å². The summed E-state index contributed by atoms with van der Waals surface area (Å²) in [5.74, 6) is -0.413. The average Bonchev–Trinajstić information content (AvgIpc) is 2.91. The third-order valence-corrected chi connectivity index (χ3v) is 7.95. The van der Waals surface area contributed by atoms with E-state index >= 15 is 0 Å². The number of unbranched alkanes of at least 4 members (excludes halogenated alkanes) is 2. The molecule has 3 atom stereocenters. The van der Waals surface area contributed by atoms with Gasteiger partial charge in [-0.2, -0.15) is 0 Å². The second kappa shape index (κ2) is 13.2. The standard InChI is InChI=1S/C31H43N5O4/c1-21-9-7-16-31(2,35-21)15-4-3-5-18-36-25-20-24(34-17-8-12-27(37)38)13-14-26(25)40-28(30(36)39)22-10-6-11-23(19-22)29(32)33/h6,10-11,13-14,19-21,28,34-35H,3-5,7-9,12,15-18H2,1-2H3,(H3,32,33)(H,37,38)/t21-,28?,31+/m0/s1. The molecule has 2 aliphatic heterocycles. The van der Waals surface area contributed by atoms with Gasteiger partial charge in [-0.05, 0) is 70.2 Å². The lowest BCUT2D eigenvalue weighted by Crippen LogP contribution is -2.50. The van der Waals surface area contributed by atoms with Crippen LogP contribution >= 0.6 is 0 Å². The maximum absolute atomic E-state index is 13.8. The topological polar surface area (TPSA) is 141 Å². The zero-order valence-electron chi connectivity index (χ0n) is 23.7. The number of nitrogens with zero attached hydrogens (tertiary/aromatic N) is 1. The molecule has 1 amide bonds. The third-order valence-electron chi connectivity index (χ3n) is 7.95. The van der Waals surface area contributed by atoms with Gasteiger partial charge < -0.3 is 31.1 Å². The van der Waals surface area contributed by atoms with E-state index in [9.17, 15) is 9.59 Å². The van der Waals surface area contributed by atoms with E-state index < -0.39 is 12.1 Å². The lowest BCUT2D eigenvalue weighted by atomic mass is 9.84. The summed E-state index contributed by atoms with van der Waals surface area (Å²) in [4.78, 5) is 26.5. The number of nitrogen functional groups attached to an aromatic ring is 1. The fraction of sp³-hybridized carbons (Fsp3) is 0.516. The molecule has 216 valence electrons. The molecule has 40 heavy (non-hydrogen) atoms. The number of benzene rings is 2. The van der Waals surface area contributed by atoms with Crippen molar-refractivity contribution in [1.82, 2.24) is 5.32 Å². The number of carboxylic acid groups (broad SMARTS) is 1.